The molecule has 0 radical (unpaired) electrons. The zero-order chi connectivity index (χ0) is 35.2. The summed E-state index contributed by atoms with van der Waals surface area (Å²) < 4.78 is 37.7. The molecule has 272 valence electrons. The minimum absolute atomic E-state index is 0.0684. The molecule has 2 aromatic rings. The molecule has 4 rings (SSSR count). The molecule has 2 amide bonds. The molecule has 1 unspecified atom stereocenters. The summed E-state index contributed by atoms with van der Waals surface area (Å²) in [6.07, 6.45) is 0.395. The maximum absolute atomic E-state index is 14.9. The van der Waals surface area contributed by atoms with Crippen LogP contribution < -0.4 is 10.1 Å². The first kappa shape index (κ1) is 38.7. The average Bonchev–Trinajstić information content (AvgIpc) is 3.61. The first-order valence-corrected chi connectivity index (χ1v) is 17.5. The quantitative estimate of drug-likeness (QED) is 0.326. The van der Waals surface area contributed by atoms with Crippen molar-refractivity contribution in [3.8, 4) is 5.75 Å². The SMILES string of the molecule is CO[C@@H]1CN(C(=O)c2ccccc2F)C[C@@H](CC(C)C)N(C(=O)CNCc2cccc(OCC3CCCO3)c2)CCCCOC[C@@H](O)[C@H]1O. The number of benzene rings is 2. The van der Waals surface area contributed by atoms with E-state index in [0.717, 1.165) is 30.8 Å². The van der Waals surface area contributed by atoms with Crippen molar-refractivity contribution in [2.45, 2.75) is 83.0 Å². The van der Waals surface area contributed by atoms with Gasteiger partial charge in [-0.1, -0.05) is 38.1 Å². The largest absolute Gasteiger partial charge is 0.491 e. The maximum atomic E-state index is 14.9. The van der Waals surface area contributed by atoms with Crippen molar-refractivity contribution in [2.75, 3.05) is 59.7 Å². The van der Waals surface area contributed by atoms with Crippen LogP contribution in [-0.2, 0) is 25.5 Å². The Bertz CT molecular complexity index is 1310. The van der Waals surface area contributed by atoms with Gasteiger partial charge in [0.25, 0.3) is 5.91 Å². The van der Waals surface area contributed by atoms with Crippen LogP contribution in [0.25, 0.3) is 0 Å². The van der Waals surface area contributed by atoms with E-state index in [2.05, 4.69) is 19.2 Å². The number of carbonyl (C=O) groups excluding carboxylic acids is 2. The van der Waals surface area contributed by atoms with Gasteiger partial charge in [0.05, 0.1) is 24.8 Å². The zero-order valence-electron chi connectivity index (χ0n) is 29.1. The highest BCUT2D eigenvalue weighted by atomic mass is 19.1. The zero-order valence-corrected chi connectivity index (χ0v) is 29.1. The maximum Gasteiger partial charge on any atom is 0.256 e. The van der Waals surface area contributed by atoms with Crippen LogP contribution in [-0.4, -0.2) is 122 Å². The average molecular weight is 688 g/mol. The Hall–Kier alpha value is -3.13. The number of carbonyl (C=O) groups is 2. The Balaban J connectivity index is 1.52. The second-order valence-electron chi connectivity index (χ2n) is 13.4. The second kappa shape index (κ2) is 19.9. The van der Waals surface area contributed by atoms with E-state index in [1.54, 1.807) is 6.07 Å². The summed E-state index contributed by atoms with van der Waals surface area (Å²) in [4.78, 5) is 31.2. The Morgan fingerprint density at radius 3 is 2.61 bits per heavy atom. The summed E-state index contributed by atoms with van der Waals surface area (Å²) in [6, 6.07) is 13.1. The van der Waals surface area contributed by atoms with Crippen LogP contribution in [0.3, 0.4) is 0 Å². The third kappa shape index (κ3) is 12.0. The van der Waals surface area contributed by atoms with E-state index in [0.29, 0.717) is 45.6 Å². The summed E-state index contributed by atoms with van der Waals surface area (Å²) in [6.45, 7) is 6.50. The number of ether oxygens (including phenoxy) is 4. The summed E-state index contributed by atoms with van der Waals surface area (Å²) in [7, 11) is 1.38. The number of aliphatic hydroxyl groups excluding tert-OH is 2. The molecule has 2 aliphatic rings. The molecule has 2 aromatic carbocycles. The normalized spacial score (nSPS) is 24.5. The van der Waals surface area contributed by atoms with E-state index < -0.39 is 36.1 Å². The Morgan fingerprint density at radius 1 is 1.06 bits per heavy atom. The molecule has 12 heteroatoms. The highest BCUT2D eigenvalue weighted by molar-refractivity contribution is 5.94. The van der Waals surface area contributed by atoms with Crippen molar-refractivity contribution < 1.29 is 43.1 Å². The number of halogens is 1. The van der Waals surface area contributed by atoms with Crippen LogP contribution in [0.5, 0.6) is 5.75 Å². The molecule has 2 heterocycles. The van der Waals surface area contributed by atoms with Gasteiger partial charge in [-0.25, -0.2) is 4.39 Å². The predicted molar refractivity (Wildman–Crippen MR) is 183 cm³/mol. The van der Waals surface area contributed by atoms with E-state index >= 15 is 0 Å². The van der Waals surface area contributed by atoms with Gasteiger partial charge in [0.1, 0.15) is 36.5 Å². The highest BCUT2D eigenvalue weighted by Gasteiger charge is 2.34. The highest BCUT2D eigenvalue weighted by Crippen LogP contribution is 2.21. The molecule has 0 bridgehead atoms. The predicted octanol–water partition coefficient (Wildman–Crippen LogP) is 3.41. The fraction of sp³-hybridized carbons (Fsp3) is 0.622. The molecular formula is C37H54FN3O8. The first-order chi connectivity index (χ1) is 23.7. The molecule has 0 saturated carbocycles. The summed E-state index contributed by atoms with van der Waals surface area (Å²) in [5, 5.41) is 24.9. The minimum atomic E-state index is -1.37. The molecule has 3 N–H and O–H groups in total. The fourth-order valence-electron chi connectivity index (χ4n) is 6.36. The van der Waals surface area contributed by atoms with E-state index in [1.807, 2.05) is 29.2 Å². The van der Waals surface area contributed by atoms with Crippen LogP contribution in [0.1, 0.15) is 61.9 Å². The minimum Gasteiger partial charge on any atom is -0.491 e. The van der Waals surface area contributed by atoms with Gasteiger partial charge in [-0.2, -0.15) is 0 Å². The topological polar surface area (TPSA) is 130 Å². The molecule has 0 aliphatic carbocycles. The lowest BCUT2D eigenvalue weighted by Gasteiger charge is -2.39. The van der Waals surface area contributed by atoms with Gasteiger partial charge >= 0.3 is 0 Å². The number of aliphatic hydroxyl groups is 2. The number of rotatable bonds is 11. The van der Waals surface area contributed by atoms with E-state index in [-0.39, 0.29) is 49.7 Å². The molecule has 5 atom stereocenters. The molecule has 49 heavy (non-hydrogen) atoms. The molecule has 2 aliphatic heterocycles. The fourth-order valence-corrected chi connectivity index (χ4v) is 6.36. The summed E-state index contributed by atoms with van der Waals surface area (Å²) >= 11 is 0. The molecule has 2 saturated heterocycles. The number of hydrogen-bond donors (Lipinski definition) is 3. The van der Waals surface area contributed by atoms with Crippen LogP contribution >= 0.6 is 0 Å². The monoisotopic (exact) mass is 687 g/mol. The van der Waals surface area contributed by atoms with E-state index in [4.69, 9.17) is 18.9 Å². The van der Waals surface area contributed by atoms with Crippen LogP contribution in [0.4, 0.5) is 4.39 Å². The Morgan fingerprint density at radius 2 is 1.88 bits per heavy atom. The van der Waals surface area contributed by atoms with Crippen molar-refractivity contribution in [1.29, 1.82) is 0 Å². The van der Waals surface area contributed by atoms with Gasteiger partial charge in [-0.15, -0.1) is 0 Å². The van der Waals surface area contributed by atoms with Gasteiger partial charge in [0.15, 0.2) is 0 Å². The molecule has 11 nitrogen and oxygen atoms in total. The third-order valence-corrected chi connectivity index (χ3v) is 9.00. The van der Waals surface area contributed by atoms with Gasteiger partial charge in [-0.05, 0) is 67.9 Å². The number of amides is 2. The first-order valence-electron chi connectivity index (χ1n) is 17.5. The van der Waals surface area contributed by atoms with Crippen molar-refractivity contribution in [3.63, 3.8) is 0 Å². The van der Waals surface area contributed by atoms with Gasteiger partial charge in [-0.3, -0.25) is 9.59 Å². The van der Waals surface area contributed by atoms with E-state index in [9.17, 15) is 24.2 Å². The van der Waals surface area contributed by atoms with Crippen molar-refractivity contribution in [2.24, 2.45) is 5.92 Å². The van der Waals surface area contributed by atoms with Gasteiger partial charge in [0, 0.05) is 52.5 Å². The summed E-state index contributed by atoms with van der Waals surface area (Å²) in [5.74, 6) is -0.466. The number of nitrogens with zero attached hydrogens (tertiary/aromatic N) is 2. The standard InChI is InChI=1S/C37H54FN3O8/c1-26(2)18-28-22-40(37(45)31-13-4-5-14-32(31)38)23-34(46-3)36(44)33(42)25-47-16-7-6-15-41(28)35(43)21-39-20-27-10-8-11-29(19-27)49-24-30-12-9-17-48-30/h4-5,8,10-11,13-14,19,26,28,30,33-34,36,39,42,44H,6-7,9,12,15-18,20-25H2,1-3H3/t28-,30?,33-,34-,36-/m1/s1. The van der Waals surface area contributed by atoms with Gasteiger partial charge in [0.2, 0.25) is 5.91 Å². The summed E-state index contributed by atoms with van der Waals surface area (Å²) in [5.41, 5.74) is 0.851. The lowest BCUT2D eigenvalue weighted by molar-refractivity contribution is -0.134. The van der Waals surface area contributed by atoms with Gasteiger partial charge < -0.3 is 44.3 Å². The lowest BCUT2D eigenvalue weighted by Crippen LogP contribution is -2.54. The van der Waals surface area contributed by atoms with Crippen molar-refractivity contribution in [3.05, 3.63) is 65.5 Å². The number of hydrogen-bond acceptors (Lipinski definition) is 9. The lowest BCUT2D eigenvalue weighted by atomic mass is 9.99. The smallest absolute Gasteiger partial charge is 0.256 e. The van der Waals surface area contributed by atoms with Crippen LogP contribution in [0, 0.1) is 11.7 Å². The number of nitrogens with one attached hydrogen (secondary N) is 1. The molecular weight excluding hydrogens is 633 g/mol. The van der Waals surface area contributed by atoms with E-state index in [1.165, 1.54) is 30.2 Å². The molecule has 2 fully saturated rings. The van der Waals surface area contributed by atoms with Crippen LogP contribution in [0.15, 0.2) is 48.5 Å². The molecule has 0 spiro atoms. The number of methoxy groups -OCH3 is 1. The van der Waals surface area contributed by atoms with Crippen molar-refractivity contribution >= 4 is 11.8 Å². The molecule has 0 aromatic heterocycles. The third-order valence-electron chi connectivity index (χ3n) is 9.00. The second-order valence-corrected chi connectivity index (χ2v) is 13.4. The Labute approximate surface area is 289 Å². The van der Waals surface area contributed by atoms with Crippen LogP contribution in [0.2, 0.25) is 0 Å². The Kier molecular flexibility index (Phi) is 15.7. The van der Waals surface area contributed by atoms with Crippen molar-refractivity contribution in [1.82, 2.24) is 15.1 Å².